The van der Waals surface area contributed by atoms with E-state index in [4.69, 9.17) is 9.47 Å². The number of anilines is 2. The third-order valence-electron chi connectivity index (χ3n) is 3.77. The second kappa shape index (κ2) is 9.46. The van der Waals surface area contributed by atoms with Crippen LogP contribution in [0.3, 0.4) is 0 Å². The summed E-state index contributed by atoms with van der Waals surface area (Å²) in [7, 11) is 1.57. The molecule has 0 aliphatic heterocycles. The van der Waals surface area contributed by atoms with Crippen molar-refractivity contribution in [2.45, 2.75) is 20.3 Å². The van der Waals surface area contributed by atoms with Gasteiger partial charge < -0.3 is 19.7 Å². The number of amides is 2. The first kappa shape index (κ1) is 19.3. The number of carbonyl (C=O) groups excluding carboxylic acids is 2. The molecule has 0 bridgehead atoms. The SMILES string of the molecule is CCOc1ccccc1NC(=O)CCN(C(C)=O)c1cccc(OC)c1. The Morgan fingerprint density at radius 2 is 1.88 bits per heavy atom. The molecular formula is C20H24N2O4. The molecule has 6 nitrogen and oxygen atoms in total. The Bertz CT molecular complexity index is 761. The molecule has 0 aromatic heterocycles. The van der Waals surface area contributed by atoms with Crippen molar-refractivity contribution in [3.63, 3.8) is 0 Å². The number of benzene rings is 2. The lowest BCUT2D eigenvalue weighted by Gasteiger charge is -2.21. The van der Waals surface area contributed by atoms with Gasteiger partial charge in [-0.15, -0.1) is 0 Å². The molecule has 138 valence electrons. The van der Waals surface area contributed by atoms with Crippen LogP contribution in [0.15, 0.2) is 48.5 Å². The average molecular weight is 356 g/mol. The zero-order valence-electron chi connectivity index (χ0n) is 15.3. The topological polar surface area (TPSA) is 67.9 Å². The molecule has 0 saturated carbocycles. The number of nitrogens with one attached hydrogen (secondary N) is 1. The zero-order valence-corrected chi connectivity index (χ0v) is 15.3. The fourth-order valence-corrected chi connectivity index (χ4v) is 2.52. The van der Waals surface area contributed by atoms with Crippen LogP contribution in [0.2, 0.25) is 0 Å². The van der Waals surface area contributed by atoms with Gasteiger partial charge >= 0.3 is 0 Å². The lowest BCUT2D eigenvalue weighted by molar-refractivity contribution is -0.117. The third kappa shape index (κ3) is 5.24. The molecule has 26 heavy (non-hydrogen) atoms. The average Bonchev–Trinajstić information content (AvgIpc) is 2.63. The lowest BCUT2D eigenvalue weighted by atomic mass is 10.2. The molecule has 0 spiro atoms. The van der Waals surface area contributed by atoms with Gasteiger partial charge in [0.25, 0.3) is 0 Å². The van der Waals surface area contributed by atoms with Crippen molar-refractivity contribution in [1.29, 1.82) is 0 Å². The maximum Gasteiger partial charge on any atom is 0.226 e. The van der Waals surface area contributed by atoms with Gasteiger partial charge in [0.05, 0.1) is 19.4 Å². The summed E-state index contributed by atoms with van der Waals surface area (Å²) >= 11 is 0. The van der Waals surface area contributed by atoms with Crippen LogP contribution in [0.4, 0.5) is 11.4 Å². The van der Waals surface area contributed by atoms with E-state index in [-0.39, 0.29) is 24.8 Å². The Labute approximate surface area is 153 Å². The first-order valence-electron chi connectivity index (χ1n) is 8.49. The molecule has 0 fully saturated rings. The minimum Gasteiger partial charge on any atom is -0.497 e. The molecule has 0 aliphatic carbocycles. The largest absolute Gasteiger partial charge is 0.497 e. The maximum absolute atomic E-state index is 12.3. The zero-order chi connectivity index (χ0) is 18.9. The number of hydrogen-bond donors (Lipinski definition) is 1. The Morgan fingerprint density at radius 1 is 1.12 bits per heavy atom. The summed E-state index contributed by atoms with van der Waals surface area (Å²) in [4.78, 5) is 25.9. The summed E-state index contributed by atoms with van der Waals surface area (Å²) in [6.07, 6.45) is 0.164. The van der Waals surface area contributed by atoms with Crippen LogP contribution in [0.5, 0.6) is 11.5 Å². The van der Waals surface area contributed by atoms with Gasteiger partial charge in [0.1, 0.15) is 11.5 Å². The van der Waals surface area contributed by atoms with Crippen LogP contribution in [-0.2, 0) is 9.59 Å². The van der Waals surface area contributed by atoms with Gasteiger partial charge in [0.2, 0.25) is 11.8 Å². The van der Waals surface area contributed by atoms with Crippen LogP contribution in [-0.4, -0.2) is 32.1 Å². The Kier molecular flexibility index (Phi) is 7.02. The summed E-state index contributed by atoms with van der Waals surface area (Å²) in [6.45, 7) is 4.14. The minimum atomic E-state index is -0.189. The lowest BCUT2D eigenvalue weighted by Crippen LogP contribution is -2.32. The molecular weight excluding hydrogens is 332 g/mol. The van der Waals surface area contributed by atoms with Crippen LogP contribution >= 0.6 is 0 Å². The third-order valence-corrected chi connectivity index (χ3v) is 3.77. The highest BCUT2D eigenvalue weighted by Crippen LogP contribution is 2.24. The molecule has 0 aliphatic rings. The predicted octanol–water partition coefficient (Wildman–Crippen LogP) is 3.48. The Balaban J connectivity index is 2.03. The Morgan fingerprint density at radius 3 is 2.58 bits per heavy atom. The highest BCUT2D eigenvalue weighted by atomic mass is 16.5. The van der Waals surface area contributed by atoms with Gasteiger partial charge in [0.15, 0.2) is 0 Å². The molecule has 0 heterocycles. The Hall–Kier alpha value is -3.02. The molecule has 0 radical (unpaired) electrons. The van der Waals surface area contributed by atoms with E-state index in [9.17, 15) is 9.59 Å². The number of methoxy groups -OCH3 is 1. The summed E-state index contributed by atoms with van der Waals surface area (Å²) < 4.78 is 10.7. The maximum atomic E-state index is 12.3. The molecule has 0 unspecified atom stereocenters. The molecule has 0 saturated heterocycles. The molecule has 2 aromatic rings. The van der Waals surface area contributed by atoms with Crippen LogP contribution in [0, 0.1) is 0 Å². The molecule has 0 atom stereocenters. The van der Waals surface area contributed by atoms with Crippen molar-refractivity contribution >= 4 is 23.2 Å². The summed E-state index contributed by atoms with van der Waals surface area (Å²) in [6, 6.07) is 14.5. The summed E-state index contributed by atoms with van der Waals surface area (Å²) in [5.74, 6) is 0.954. The highest BCUT2D eigenvalue weighted by molar-refractivity contribution is 5.95. The second-order valence-corrected chi connectivity index (χ2v) is 5.60. The van der Waals surface area contributed by atoms with Gasteiger partial charge in [-0.2, -0.15) is 0 Å². The predicted molar refractivity (Wildman–Crippen MR) is 102 cm³/mol. The van der Waals surface area contributed by atoms with Gasteiger partial charge in [-0.1, -0.05) is 18.2 Å². The number of carbonyl (C=O) groups is 2. The van der Waals surface area contributed by atoms with E-state index in [1.54, 1.807) is 36.3 Å². The highest BCUT2D eigenvalue weighted by Gasteiger charge is 2.15. The van der Waals surface area contributed by atoms with Crippen molar-refractivity contribution in [1.82, 2.24) is 0 Å². The number of rotatable bonds is 8. The van der Waals surface area contributed by atoms with E-state index < -0.39 is 0 Å². The van der Waals surface area contributed by atoms with Gasteiger partial charge in [-0.05, 0) is 31.2 Å². The van der Waals surface area contributed by atoms with E-state index in [2.05, 4.69) is 5.32 Å². The van der Waals surface area contributed by atoms with E-state index in [1.165, 1.54) is 6.92 Å². The summed E-state index contributed by atoms with van der Waals surface area (Å²) in [5, 5.41) is 2.84. The van der Waals surface area contributed by atoms with Crippen LogP contribution < -0.4 is 19.7 Å². The fraction of sp³-hybridized carbons (Fsp3) is 0.300. The molecule has 2 rings (SSSR count). The van der Waals surface area contributed by atoms with Gasteiger partial charge in [-0.25, -0.2) is 0 Å². The number of hydrogen-bond acceptors (Lipinski definition) is 4. The second-order valence-electron chi connectivity index (χ2n) is 5.60. The quantitative estimate of drug-likeness (QED) is 0.786. The molecule has 2 aromatic carbocycles. The van der Waals surface area contributed by atoms with Crippen molar-refractivity contribution < 1.29 is 19.1 Å². The normalized spacial score (nSPS) is 10.1. The van der Waals surface area contributed by atoms with E-state index in [0.717, 1.165) is 0 Å². The number of para-hydroxylation sites is 2. The van der Waals surface area contributed by atoms with Gasteiger partial charge in [-0.3, -0.25) is 9.59 Å². The van der Waals surface area contributed by atoms with E-state index in [0.29, 0.717) is 29.5 Å². The van der Waals surface area contributed by atoms with Crippen LogP contribution in [0.1, 0.15) is 20.3 Å². The number of ether oxygens (including phenoxy) is 2. The van der Waals surface area contributed by atoms with E-state index >= 15 is 0 Å². The molecule has 2 amide bonds. The van der Waals surface area contributed by atoms with Crippen molar-refractivity contribution in [2.75, 3.05) is 30.5 Å². The van der Waals surface area contributed by atoms with Crippen molar-refractivity contribution in [2.24, 2.45) is 0 Å². The number of nitrogens with zero attached hydrogens (tertiary/aromatic N) is 1. The van der Waals surface area contributed by atoms with E-state index in [1.807, 2.05) is 31.2 Å². The smallest absolute Gasteiger partial charge is 0.226 e. The standard InChI is InChI=1S/C20H24N2O4/c1-4-26-19-11-6-5-10-18(19)21-20(24)12-13-22(15(2)23)16-8-7-9-17(14-16)25-3/h5-11,14H,4,12-13H2,1-3H3,(H,21,24). The fourth-order valence-electron chi connectivity index (χ4n) is 2.52. The van der Waals surface area contributed by atoms with Crippen LogP contribution in [0.25, 0.3) is 0 Å². The minimum absolute atomic E-state index is 0.138. The molecule has 6 heteroatoms. The van der Waals surface area contributed by atoms with Crippen molar-refractivity contribution in [3.8, 4) is 11.5 Å². The first-order chi connectivity index (χ1) is 12.5. The van der Waals surface area contributed by atoms with Gasteiger partial charge in [0, 0.05) is 31.6 Å². The molecule has 1 N–H and O–H groups in total. The summed E-state index contributed by atoms with van der Waals surface area (Å²) in [5.41, 5.74) is 1.31. The monoisotopic (exact) mass is 356 g/mol. The first-order valence-corrected chi connectivity index (χ1v) is 8.49. The van der Waals surface area contributed by atoms with Crippen molar-refractivity contribution in [3.05, 3.63) is 48.5 Å².